The third kappa shape index (κ3) is 3.52. The average molecular weight is 255 g/mol. The van der Waals surface area contributed by atoms with Crippen LogP contribution in [0.5, 0.6) is 0 Å². The molecule has 0 radical (unpaired) electrons. The van der Waals surface area contributed by atoms with E-state index >= 15 is 0 Å². The van der Waals surface area contributed by atoms with E-state index in [0.717, 1.165) is 19.5 Å². The minimum Gasteiger partial charge on any atom is -0.297 e. The van der Waals surface area contributed by atoms with Crippen molar-refractivity contribution in [3.63, 3.8) is 0 Å². The van der Waals surface area contributed by atoms with Crippen LogP contribution in [-0.4, -0.2) is 29.6 Å². The third-order valence-corrected chi connectivity index (χ3v) is 4.52. The van der Waals surface area contributed by atoms with E-state index in [1.807, 2.05) is 0 Å². The maximum absolute atomic E-state index is 5.75. The van der Waals surface area contributed by atoms with Gasteiger partial charge in [0, 0.05) is 22.9 Å². The average Bonchev–Trinajstić information content (AvgIpc) is 2.79. The second-order valence-corrected chi connectivity index (χ2v) is 5.86. The maximum atomic E-state index is 5.75. The van der Waals surface area contributed by atoms with Crippen LogP contribution in [-0.2, 0) is 6.42 Å². The summed E-state index contributed by atoms with van der Waals surface area (Å²) in [6.07, 6.45) is 0.984. The molecule has 1 aromatic heterocycles. The first-order valence-corrected chi connectivity index (χ1v) is 7.17. The van der Waals surface area contributed by atoms with Gasteiger partial charge in [0.25, 0.3) is 0 Å². The molecule has 1 unspecified atom stereocenters. The number of likely N-dealkylation sites (N-methyl/N-ethyl adjacent to an activating group) is 1. The van der Waals surface area contributed by atoms with Crippen LogP contribution < -0.4 is 11.3 Å². The SMILES string of the molecule is CCN(CC)C(C)(C)C(Cc1cccs1)NN. The Morgan fingerprint density at radius 3 is 2.47 bits per heavy atom. The lowest BCUT2D eigenvalue weighted by Gasteiger charge is -2.43. The predicted octanol–water partition coefficient (Wildman–Crippen LogP) is 2.24. The molecule has 0 fully saturated rings. The number of nitrogens with one attached hydrogen (secondary N) is 1. The van der Waals surface area contributed by atoms with Crippen molar-refractivity contribution in [3.8, 4) is 0 Å². The highest BCUT2D eigenvalue weighted by atomic mass is 32.1. The maximum Gasteiger partial charge on any atom is 0.0437 e. The molecule has 1 atom stereocenters. The summed E-state index contributed by atoms with van der Waals surface area (Å²) in [6, 6.07) is 4.53. The molecule has 0 saturated carbocycles. The number of rotatable bonds is 7. The molecule has 0 aliphatic rings. The van der Waals surface area contributed by atoms with Gasteiger partial charge in [-0.2, -0.15) is 0 Å². The Bertz CT molecular complexity index is 304. The smallest absolute Gasteiger partial charge is 0.0437 e. The van der Waals surface area contributed by atoms with E-state index in [1.165, 1.54) is 4.88 Å². The molecule has 98 valence electrons. The summed E-state index contributed by atoms with van der Waals surface area (Å²) in [4.78, 5) is 3.83. The van der Waals surface area contributed by atoms with E-state index in [2.05, 4.69) is 55.5 Å². The summed E-state index contributed by atoms with van der Waals surface area (Å²) >= 11 is 1.80. The molecule has 1 heterocycles. The summed E-state index contributed by atoms with van der Waals surface area (Å²) < 4.78 is 0. The summed E-state index contributed by atoms with van der Waals surface area (Å²) in [7, 11) is 0. The number of thiophene rings is 1. The van der Waals surface area contributed by atoms with Gasteiger partial charge in [0.2, 0.25) is 0 Å². The number of nitrogens with two attached hydrogens (primary N) is 1. The van der Waals surface area contributed by atoms with E-state index in [-0.39, 0.29) is 11.6 Å². The van der Waals surface area contributed by atoms with Crippen molar-refractivity contribution in [2.45, 2.75) is 45.7 Å². The Hall–Kier alpha value is -0.420. The molecule has 1 aromatic rings. The molecule has 0 saturated heterocycles. The third-order valence-electron chi connectivity index (χ3n) is 3.62. The van der Waals surface area contributed by atoms with Crippen molar-refractivity contribution >= 4 is 11.3 Å². The van der Waals surface area contributed by atoms with Crippen molar-refractivity contribution < 1.29 is 0 Å². The van der Waals surface area contributed by atoms with Crippen molar-refractivity contribution in [2.24, 2.45) is 5.84 Å². The molecule has 3 N–H and O–H groups in total. The highest BCUT2D eigenvalue weighted by molar-refractivity contribution is 7.09. The number of hydrogen-bond acceptors (Lipinski definition) is 4. The minimum atomic E-state index is 0.0578. The molecular formula is C13H25N3S. The van der Waals surface area contributed by atoms with Crippen molar-refractivity contribution in [3.05, 3.63) is 22.4 Å². The van der Waals surface area contributed by atoms with Crippen molar-refractivity contribution in [2.75, 3.05) is 13.1 Å². The zero-order valence-corrected chi connectivity index (χ0v) is 12.2. The molecule has 1 rings (SSSR count). The van der Waals surface area contributed by atoms with Crippen LogP contribution in [0.1, 0.15) is 32.6 Å². The number of hydrazine groups is 1. The fourth-order valence-corrected chi connectivity index (χ4v) is 3.15. The van der Waals surface area contributed by atoms with Crippen LogP contribution in [0.4, 0.5) is 0 Å². The molecule has 0 aromatic carbocycles. The van der Waals surface area contributed by atoms with Crippen LogP contribution >= 0.6 is 11.3 Å². The van der Waals surface area contributed by atoms with Gasteiger partial charge in [-0.05, 0) is 38.4 Å². The van der Waals surface area contributed by atoms with Gasteiger partial charge < -0.3 is 0 Å². The molecular weight excluding hydrogens is 230 g/mol. The van der Waals surface area contributed by atoms with Crippen molar-refractivity contribution in [1.29, 1.82) is 0 Å². The fraction of sp³-hybridized carbons (Fsp3) is 0.692. The van der Waals surface area contributed by atoms with Gasteiger partial charge in [0.1, 0.15) is 0 Å². The van der Waals surface area contributed by atoms with E-state index in [9.17, 15) is 0 Å². The van der Waals surface area contributed by atoms with Crippen LogP contribution in [0.2, 0.25) is 0 Å². The lowest BCUT2D eigenvalue weighted by atomic mass is 9.89. The van der Waals surface area contributed by atoms with Crippen molar-refractivity contribution in [1.82, 2.24) is 10.3 Å². The van der Waals surface area contributed by atoms with E-state index < -0.39 is 0 Å². The van der Waals surface area contributed by atoms with Gasteiger partial charge in [0.15, 0.2) is 0 Å². The van der Waals surface area contributed by atoms with Gasteiger partial charge in [-0.25, -0.2) is 0 Å². The van der Waals surface area contributed by atoms with E-state index in [4.69, 9.17) is 5.84 Å². The van der Waals surface area contributed by atoms with Crippen LogP contribution in [0, 0.1) is 0 Å². The van der Waals surface area contributed by atoms with Gasteiger partial charge in [-0.3, -0.25) is 16.2 Å². The Morgan fingerprint density at radius 2 is 2.06 bits per heavy atom. The Morgan fingerprint density at radius 1 is 1.41 bits per heavy atom. The first-order valence-electron chi connectivity index (χ1n) is 6.29. The van der Waals surface area contributed by atoms with Crippen LogP contribution in [0.15, 0.2) is 17.5 Å². The first kappa shape index (κ1) is 14.6. The zero-order valence-electron chi connectivity index (χ0n) is 11.4. The zero-order chi connectivity index (χ0) is 12.9. The molecule has 0 bridgehead atoms. The van der Waals surface area contributed by atoms with Crippen LogP contribution in [0.3, 0.4) is 0 Å². The van der Waals surface area contributed by atoms with E-state index in [1.54, 1.807) is 11.3 Å². The molecule has 0 aliphatic heterocycles. The molecule has 0 amide bonds. The Balaban J connectivity index is 2.77. The fourth-order valence-electron chi connectivity index (χ4n) is 2.40. The normalized spacial score (nSPS) is 14.2. The summed E-state index contributed by atoms with van der Waals surface area (Å²) in [5.41, 5.74) is 3.05. The second kappa shape index (κ2) is 6.50. The second-order valence-electron chi connectivity index (χ2n) is 4.83. The van der Waals surface area contributed by atoms with E-state index in [0.29, 0.717) is 0 Å². The molecule has 0 aliphatic carbocycles. The summed E-state index contributed by atoms with van der Waals surface area (Å²) in [5, 5.41) is 2.12. The summed E-state index contributed by atoms with van der Waals surface area (Å²) in [6.45, 7) is 11.0. The summed E-state index contributed by atoms with van der Waals surface area (Å²) in [5.74, 6) is 5.75. The van der Waals surface area contributed by atoms with Gasteiger partial charge in [0.05, 0.1) is 0 Å². The van der Waals surface area contributed by atoms with Gasteiger partial charge in [-0.1, -0.05) is 19.9 Å². The highest BCUT2D eigenvalue weighted by Crippen LogP contribution is 2.23. The topological polar surface area (TPSA) is 41.3 Å². The number of hydrogen-bond donors (Lipinski definition) is 2. The largest absolute Gasteiger partial charge is 0.297 e. The standard InChI is InChI=1S/C13H25N3S/c1-5-16(6-2)13(3,4)12(15-14)10-11-8-7-9-17-11/h7-9,12,15H,5-6,10,14H2,1-4H3. The molecule has 3 nitrogen and oxygen atoms in total. The van der Waals surface area contributed by atoms with Gasteiger partial charge >= 0.3 is 0 Å². The number of nitrogens with zero attached hydrogens (tertiary/aromatic N) is 1. The molecule has 4 heteroatoms. The lowest BCUT2D eigenvalue weighted by Crippen LogP contribution is -2.60. The van der Waals surface area contributed by atoms with Crippen LogP contribution in [0.25, 0.3) is 0 Å². The van der Waals surface area contributed by atoms with Gasteiger partial charge in [-0.15, -0.1) is 11.3 Å². The quantitative estimate of drug-likeness (QED) is 0.580. The first-order chi connectivity index (χ1) is 8.06. The lowest BCUT2D eigenvalue weighted by molar-refractivity contribution is 0.0915. The minimum absolute atomic E-state index is 0.0578. The highest BCUT2D eigenvalue weighted by Gasteiger charge is 2.33. The Labute approximate surface area is 109 Å². The predicted molar refractivity (Wildman–Crippen MR) is 76.1 cm³/mol. The monoisotopic (exact) mass is 255 g/mol. The molecule has 0 spiro atoms. The Kier molecular flexibility index (Phi) is 5.59. The molecule has 17 heavy (non-hydrogen) atoms.